The summed E-state index contributed by atoms with van der Waals surface area (Å²) < 4.78 is 5.44. The van der Waals surface area contributed by atoms with Crippen LogP contribution >= 0.6 is 0 Å². The quantitative estimate of drug-likeness (QED) is 0.775. The molecule has 1 saturated heterocycles. The number of likely N-dealkylation sites (N-methyl/N-ethyl adjacent to an activating group) is 1. The number of hydrogen-bond acceptors (Lipinski definition) is 4. The molecule has 1 aromatic rings. The number of aromatic nitrogens is 2. The molecule has 1 atom stereocenters. The van der Waals surface area contributed by atoms with E-state index in [0.29, 0.717) is 19.7 Å². The summed E-state index contributed by atoms with van der Waals surface area (Å²) in [4.78, 5) is 24.0. The topological polar surface area (TPSA) is 73.5 Å². The molecule has 0 bridgehead atoms. The predicted octanol–water partition coefficient (Wildman–Crippen LogP) is 1.22. The lowest BCUT2D eigenvalue weighted by atomic mass is 10.1. The van der Waals surface area contributed by atoms with Crippen LogP contribution in [0.3, 0.4) is 0 Å². The van der Waals surface area contributed by atoms with E-state index in [1.165, 1.54) is 0 Å². The number of nitrogens with zero attached hydrogens (tertiary/aromatic N) is 3. The van der Waals surface area contributed by atoms with Crippen molar-refractivity contribution in [3.63, 3.8) is 0 Å². The first-order valence-corrected chi connectivity index (χ1v) is 7.99. The first-order valence-electron chi connectivity index (χ1n) is 7.99. The SMILES string of the molecule is CCN1CCN(C(=O)NCCOC(C)C)CC1c1ncc[nH]1. The molecule has 2 amide bonds. The van der Waals surface area contributed by atoms with Crippen molar-refractivity contribution in [2.75, 3.05) is 39.3 Å². The third-order valence-corrected chi connectivity index (χ3v) is 3.85. The van der Waals surface area contributed by atoms with Crippen molar-refractivity contribution in [2.45, 2.75) is 32.9 Å². The van der Waals surface area contributed by atoms with E-state index < -0.39 is 0 Å². The highest BCUT2D eigenvalue weighted by atomic mass is 16.5. The number of amides is 2. The molecule has 2 N–H and O–H groups in total. The highest BCUT2D eigenvalue weighted by Gasteiger charge is 2.30. The number of imidazole rings is 1. The Morgan fingerprint density at radius 3 is 3.00 bits per heavy atom. The van der Waals surface area contributed by atoms with Crippen molar-refractivity contribution < 1.29 is 9.53 Å². The summed E-state index contributed by atoms with van der Waals surface area (Å²) in [6.45, 7) is 10.4. The van der Waals surface area contributed by atoms with Crippen LogP contribution in [0.25, 0.3) is 0 Å². The summed E-state index contributed by atoms with van der Waals surface area (Å²) in [6.07, 6.45) is 3.77. The molecule has 1 fully saturated rings. The van der Waals surface area contributed by atoms with Crippen molar-refractivity contribution >= 4 is 6.03 Å². The Morgan fingerprint density at radius 1 is 1.55 bits per heavy atom. The third kappa shape index (κ3) is 4.45. The molecule has 0 aliphatic carbocycles. The van der Waals surface area contributed by atoms with Crippen LogP contribution in [0.1, 0.15) is 32.6 Å². The fraction of sp³-hybridized carbons (Fsp3) is 0.733. The molecule has 2 heterocycles. The second-order valence-electron chi connectivity index (χ2n) is 5.72. The number of rotatable bonds is 6. The number of urea groups is 1. The summed E-state index contributed by atoms with van der Waals surface area (Å²) >= 11 is 0. The zero-order valence-corrected chi connectivity index (χ0v) is 13.7. The Kier molecular flexibility index (Phi) is 6.21. The minimum absolute atomic E-state index is 0.0281. The summed E-state index contributed by atoms with van der Waals surface area (Å²) in [7, 11) is 0. The average Bonchev–Trinajstić information content (AvgIpc) is 3.04. The normalized spacial score (nSPS) is 19.6. The van der Waals surface area contributed by atoms with Gasteiger partial charge in [-0.15, -0.1) is 0 Å². The molecular weight excluding hydrogens is 282 g/mol. The molecule has 0 spiro atoms. The zero-order chi connectivity index (χ0) is 15.9. The van der Waals surface area contributed by atoms with Crippen molar-refractivity contribution in [1.29, 1.82) is 0 Å². The molecule has 1 aliphatic rings. The van der Waals surface area contributed by atoms with E-state index in [1.807, 2.05) is 24.9 Å². The van der Waals surface area contributed by atoms with Gasteiger partial charge in [-0.3, -0.25) is 4.90 Å². The highest BCUT2D eigenvalue weighted by molar-refractivity contribution is 5.74. The Balaban J connectivity index is 1.86. The molecule has 7 nitrogen and oxygen atoms in total. The number of ether oxygens (including phenoxy) is 1. The minimum atomic E-state index is -0.0281. The number of hydrogen-bond donors (Lipinski definition) is 2. The van der Waals surface area contributed by atoms with Crippen LogP contribution in [0.2, 0.25) is 0 Å². The first-order chi connectivity index (χ1) is 10.6. The van der Waals surface area contributed by atoms with E-state index in [-0.39, 0.29) is 18.2 Å². The van der Waals surface area contributed by atoms with Crippen molar-refractivity contribution in [1.82, 2.24) is 25.1 Å². The molecule has 22 heavy (non-hydrogen) atoms. The van der Waals surface area contributed by atoms with Gasteiger partial charge in [-0.25, -0.2) is 9.78 Å². The van der Waals surface area contributed by atoms with Gasteiger partial charge in [0.25, 0.3) is 0 Å². The second kappa shape index (κ2) is 8.14. The second-order valence-corrected chi connectivity index (χ2v) is 5.72. The monoisotopic (exact) mass is 309 g/mol. The minimum Gasteiger partial charge on any atom is -0.377 e. The highest BCUT2D eigenvalue weighted by Crippen LogP contribution is 2.22. The van der Waals surface area contributed by atoms with Gasteiger partial charge in [0.2, 0.25) is 0 Å². The maximum absolute atomic E-state index is 12.3. The lowest BCUT2D eigenvalue weighted by Gasteiger charge is -2.39. The van der Waals surface area contributed by atoms with E-state index in [2.05, 4.69) is 27.1 Å². The van der Waals surface area contributed by atoms with Gasteiger partial charge in [-0.05, 0) is 20.4 Å². The summed E-state index contributed by atoms with van der Waals surface area (Å²) in [5, 5.41) is 2.92. The number of H-pyrrole nitrogens is 1. The van der Waals surface area contributed by atoms with Crippen LogP contribution in [-0.4, -0.2) is 71.2 Å². The molecular formula is C15H27N5O2. The van der Waals surface area contributed by atoms with Gasteiger partial charge in [0.15, 0.2) is 0 Å². The number of aromatic amines is 1. The summed E-state index contributed by atoms with van der Waals surface area (Å²) in [5.41, 5.74) is 0. The van der Waals surface area contributed by atoms with E-state index in [9.17, 15) is 4.79 Å². The van der Waals surface area contributed by atoms with Crippen molar-refractivity contribution in [3.8, 4) is 0 Å². The molecule has 1 unspecified atom stereocenters. The average molecular weight is 309 g/mol. The Morgan fingerprint density at radius 2 is 2.36 bits per heavy atom. The maximum atomic E-state index is 12.3. The summed E-state index contributed by atoms with van der Waals surface area (Å²) in [5.74, 6) is 0.919. The lowest BCUT2D eigenvalue weighted by Crippen LogP contribution is -2.53. The number of carbonyl (C=O) groups is 1. The van der Waals surface area contributed by atoms with E-state index in [0.717, 1.165) is 25.5 Å². The summed E-state index contributed by atoms with van der Waals surface area (Å²) in [6, 6.07) is 0.103. The van der Waals surface area contributed by atoms with Crippen LogP contribution in [0.5, 0.6) is 0 Å². The van der Waals surface area contributed by atoms with E-state index in [4.69, 9.17) is 4.74 Å². The van der Waals surface area contributed by atoms with Crippen LogP contribution < -0.4 is 5.32 Å². The smallest absolute Gasteiger partial charge is 0.317 e. The van der Waals surface area contributed by atoms with Gasteiger partial charge < -0.3 is 19.9 Å². The predicted molar refractivity (Wildman–Crippen MR) is 84.6 cm³/mol. The maximum Gasteiger partial charge on any atom is 0.317 e. The third-order valence-electron chi connectivity index (χ3n) is 3.85. The van der Waals surface area contributed by atoms with E-state index in [1.54, 1.807) is 6.20 Å². The molecule has 1 aliphatic heterocycles. The van der Waals surface area contributed by atoms with Gasteiger partial charge in [-0.1, -0.05) is 6.92 Å². The van der Waals surface area contributed by atoms with Crippen LogP contribution in [0.4, 0.5) is 4.79 Å². The van der Waals surface area contributed by atoms with Gasteiger partial charge in [0, 0.05) is 38.6 Å². The molecule has 0 aromatic carbocycles. The molecule has 7 heteroatoms. The molecule has 2 rings (SSSR count). The molecule has 0 saturated carbocycles. The van der Waals surface area contributed by atoms with Crippen LogP contribution in [0, 0.1) is 0 Å². The van der Waals surface area contributed by atoms with Gasteiger partial charge in [0.1, 0.15) is 5.82 Å². The van der Waals surface area contributed by atoms with E-state index >= 15 is 0 Å². The van der Waals surface area contributed by atoms with Crippen LogP contribution in [-0.2, 0) is 4.74 Å². The number of carbonyl (C=O) groups excluding carboxylic acids is 1. The number of piperazine rings is 1. The molecule has 1 aromatic heterocycles. The Hall–Kier alpha value is -1.60. The van der Waals surface area contributed by atoms with Gasteiger partial charge in [-0.2, -0.15) is 0 Å². The standard InChI is InChI=1S/C15H27N5O2/c1-4-19-8-9-20(11-13(19)14-16-5-6-17-14)15(21)18-7-10-22-12(2)3/h5-6,12-13H,4,7-11H2,1-3H3,(H,16,17)(H,18,21). The fourth-order valence-corrected chi connectivity index (χ4v) is 2.67. The molecule has 124 valence electrons. The zero-order valence-electron chi connectivity index (χ0n) is 13.7. The van der Waals surface area contributed by atoms with Crippen molar-refractivity contribution in [3.05, 3.63) is 18.2 Å². The Bertz CT molecular complexity index is 449. The largest absolute Gasteiger partial charge is 0.377 e. The first kappa shape index (κ1) is 16.8. The number of nitrogens with one attached hydrogen (secondary N) is 2. The molecule has 0 radical (unpaired) electrons. The van der Waals surface area contributed by atoms with Crippen LogP contribution in [0.15, 0.2) is 12.4 Å². The fourth-order valence-electron chi connectivity index (χ4n) is 2.67. The lowest BCUT2D eigenvalue weighted by molar-refractivity contribution is 0.0743. The Labute approximate surface area is 132 Å². The van der Waals surface area contributed by atoms with Gasteiger partial charge >= 0.3 is 6.03 Å². The van der Waals surface area contributed by atoms with Gasteiger partial charge in [0.05, 0.1) is 18.8 Å². The van der Waals surface area contributed by atoms with Crippen molar-refractivity contribution in [2.24, 2.45) is 0 Å².